The number of rotatable bonds is 11. The SMILES string of the molecule is COCOCC(C)(O)c1ccccc1CCC(O)c1cccc(C=Cc2ccc3ccc(Cl)cc3n2)c1. The van der Waals surface area contributed by atoms with Gasteiger partial charge in [0.05, 0.1) is 23.9 Å². The van der Waals surface area contributed by atoms with Gasteiger partial charge in [-0.05, 0) is 72.4 Å². The number of nitrogens with zero attached hydrogens (tertiary/aromatic N) is 1. The summed E-state index contributed by atoms with van der Waals surface area (Å²) >= 11 is 6.11. The molecule has 3 aromatic carbocycles. The van der Waals surface area contributed by atoms with Crippen LogP contribution >= 0.6 is 11.6 Å². The first-order valence-corrected chi connectivity index (χ1v) is 12.6. The van der Waals surface area contributed by atoms with Crippen LogP contribution in [0.5, 0.6) is 0 Å². The van der Waals surface area contributed by atoms with Gasteiger partial charge >= 0.3 is 0 Å². The number of fused-ring (bicyclic) bond motifs is 1. The minimum atomic E-state index is -1.16. The quantitative estimate of drug-likeness (QED) is 0.174. The highest BCUT2D eigenvalue weighted by Crippen LogP contribution is 2.28. The van der Waals surface area contributed by atoms with Gasteiger partial charge in [0.25, 0.3) is 0 Å². The molecule has 1 heterocycles. The molecule has 2 atom stereocenters. The van der Waals surface area contributed by atoms with Crippen molar-refractivity contribution < 1.29 is 19.7 Å². The first-order valence-electron chi connectivity index (χ1n) is 12.3. The van der Waals surface area contributed by atoms with Gasteiger partial charge in [-0.2, -0.15) is 0 Å². The van der Waals surface area contributed by atoms with Crippen molar-refractivity contribution in [1.82, 2.24) is 4.98 Å². The lowest BCUT2D eigenvalue weighted by Gasteiger charge is -2.26. The topological polar surface area (TPSA) is 71.8 Å². The maximum atomic E-state index is 11.0. The van der Waals surface area contributed by atoms with Gasteiger partial charge in [-0.3, -0.25) is 0 Å². The molecule has 0 fully saturated rings. The van der Waals surface area contributed by atoms with E-state index in [4.69, 9.17) is 21.1 Å². The van der Waals surface area contributed by atoms with Crippen LogP contribution in [-0.2, 0) is 21.5 Å². The molecular formula is C31H32ClNO4. The number of methoxy groups -OCH3 is 1. The molecule has 0 aliphatic carbocycles. The van der Waals surface area contributed by atoms with E-state index < -0.39 is 11.7 Å². The van der Waals surface area contributed by atoms with E-state index in [0.29, 0.717) is 17.9 Å². The fraction of sp³-hybridized carbons (Fsp3) is 0.258. The molecule has 0 amide bonds. The summed E-state index contributed by atoms with van der Waals surface area (Å²) in [6.45, 7) is 1.97. The summed E-state index contributed by atoms with van der Waals surface area (Å²) in [5.41, 5.74) is 4.11. The molecule has 0 saturated heterocycles. The number of halogens is 1. The Kier molecular flexibility index (Phi) is 9.09. The van der Waals surface area contributed by atoms with Crippen LogP contribution in [-0.4, -0.2) is 35.7 Å². The maximum absolute atomic E-state index is 11.0. The largest absolute Gasteiger partial charge is 0.388 e. The normalized spacial score (nSPS) is 14.2. The van der Waals surface area contributed by atoms with Gasteiger partial charge in [-0.1, -0.05) is 72.3 Å². The van der Waals surface area contributed by atoms with Gasteiger partial charge < -0.3 is 19.7 Å². The lowest BCUT2D eigenvalue weighted by atomic mass is 9.89. The highest BCUT2D eigenvalue weighted by molar-refractivity contribution is 6.31. The van der Waals surface area contributed by atoms with Crippen molar-refractivity contribution >= 4 is 34.7 Å². The maximum Gasteiger partial charge on any atom is 0.146 e. The van der Waals surface area contributed by atoms with Crippen LogP contribution < -0.4 is 0 Å². The van der Waals surface area contributed by atoms with Gasteiger partial charge in [-0.25, -0.2) is 4.98 Å². The number of aliphatic hydroxyl groups excluding tert-OH is 1. The monoisotopic (exact) mass is 517 g/mol. The van der Waals surface area contributed by atoms with Crippen molar-refractivity contribution in [2.75, 3.05) is 20.5 Å². The Morgan fingerprint density at radius 2 is 1.81 bits per heavy atom. The van der Waals surface area contributed by atoms with Gasteiger partial charge in [0.2, 0.25) is 0 Å². The first-order chi connectivity index (χ1) is 17.9. The lowest BCUT2D eigenvalue weighted by Crippen LogP contribution is -2.29. The van der Waals surface area contributed by atoms with E-state index in [-0.39, 0.29) is 13.4 Å². The van der Waals surface area contributed by atoms with E-state index in [1.165, 1.54) is 0 Å². The molecule has 4 rings (SSSR count). The van der Waals surface area contributed by atoms with E-state index in [2.05, 4.69) is 4.98 Å². The second-order valence-electron chi connectivity index (χ2n) is 9.32. The summed E-state index contributed by atoms with van der Waals surface area (Å²) in [5.74, 6) is 0. The summed E-state index contributed by atoms with van der Waals surface area (Å²) in [6.07, 6.45) is 4.43. The van der Waals surface area contributed by atoms with Crippen LogP contribution in [0.25, 0.3) is 23.1 Å². The Bertz CT molecular complexity index is 1370. The van der Waals surface area contributed by atoms with Crippen molar-refractivity contribution in [2.24, 2.45) is 0 Å². The van der Waals surface area contributed by atoms with E-state index >= 15 is 0 Å². The number of pyridine rings is 1. The number of benzene rings is 3. The fourth-order valence-corrected chi connectivity index (χ4v) is 4.54. The Morgan fingerprint density at radius 1 is 1.00 bits per heavy atom. The van der Waals surface area contributed by atoms with Gasteiger partial charge in [0, 0.05) is 17.5 Å². The van der Waals surface area contributed by atoms with E-state index in [0.717, 1.165) is 38.9 Å². The highest BCUT2D eigenvalue weighted by atomic mass is 35.5. The predicted molar refractivity (Wildman–Crippen MR) is 149 cm³/mol. The third-order valence-corrected chi connectivity index (χ3v) is 6.52. The molecule has 4 aromatic rings. The van der Waals surface area contributed by atoms with Crippen LogP contribution in [0.4, 0.5) is 0 Å². The second-order valence-corrected chi connectivity index (χ2v) is 9.75. The molecule has 192 valence electrons. The van der Waals surface area contributed by atoms with Crippen molar-refractivity contribution in [3.63, 3.8) is 0 Å². The Morgan fingerprint density at radius 3 is 2.65 bits per heavy atom. The van der Waals surface area contributed by atoms with E-state index in [9.17, 15) is 10.2 Å². The average Bonchev–Trinajstić information content (AvgIpc) is 2.90. The number of aryl methyl sites for hydroxylation is 1. The number of hydrogen-bond acceptors (Lipinski definition) is 5. The molecule has 0 spiro atoms. The van der Waals surface area contributed by atoms with Gasteiger partial charge in [0.15, 0.2) is 0 Å². The molecule has 0 radical (unpaired) electrons. The molecular weight excluding hydrogens is 486 g/mol. The van der Waals surface area contributed by atoms with Crippen LogP contribution in [0.1, 0.15) is 47.4 Å². The minimum Gasteiger partial charge on any atom is -0.388 e. The summed E-state index contributed by atoms with van der Waals surface area (Å²) in [6, 6.07) is 25.2. The van der Waals surface area contributed by atoms with Crippen LogP contribution in [0.2, 0.25) is 5.02 Å². The zero-order valence-electron chi connectivity index (χ0n) is 21.1. The van der Waals surface area contributed by atoms with Gasteiger partial charge in [0.1, 0.15) is 12.4 Å². The van der Waals surface area contributed by atoms with Crippen molar-refractivity contribution in [3.05, 3.63) is 112 Å². The summed E-state index contributed by atoms with van der Waals surface area (Å²) in [5, 5.41) is 23.6. The average molecular weight is 518 g/mol. The molecule has 5 nitrogen and oxygen atoms in total. The Balaban J connectivity index is 1.43. The lowest BCUT2D eigenvalue weighted by molar-refractivity contribution is -0.0980. The standard InChI is InChI=1S/C31H32ClNO4/c1-31(35,20-37-21-36-2)28-9-4-3-7-23(28)13-17-30(34)25-8-5-6-22(18-25)10-15-27-16-12-24-11-14-26(32)19-29(24)33-27/h3-12,14-16,18-19,30,34-35H,13,17,20-21H2,1-2H3. The summed E-state index contributed by atoms with van der Waals surface area (Å²) in [4.78, 5) is 4.67. The molecule has 2 N–H and O–H groups in total. The minimum absolute atomic E-state index is 0.118. The van der Waals surface area contributed by atoms with E-state index in [1.807, 2.05) is 91.0 Å². The van der Waals surface area contributed by atoms with Crippen molar-refractivity contribution in [2.45, 2.75) is 31.5 Å². The number of hydrogen-bond donors (Lipinski definition) is 2. The highest BCUT2D eigenvalue weighted by Gasteiger charge is 2.26. The molecule has 0 saturated carbocycles. The molecule has 0 aliphatic rings. The third-order valence-electron chi connectivity index (χ3n) is 6.29. The number of aromatic nitrogens is 1. The van der Waals surface area contributed by atoms with Crippen LogP contribution in [0, 0.1) is 0 Å². The second kappa shape index (κ2) is 12.5. The molecule has 37 heavy (non-hydrogen) atoms. The molecule has 0 aliphatic heterocycles. The smallest absolute Gasteiger partial charge is 0.146 e. The third kappa shape index (κ3) is 7.25. The molecule has 0 bridgehead atoms. The molecule has 2 unspecified atom stereocenters. The Hall–Kier alpha value is -3.06. The van der Waals surface area contributed by atoms with Gasteiger partial charge in [-0.15, -0.1) is 0 Å². The summed E-state index contributed by atoms with van der Waals surface area (Å²) in [7, 11) is 1.55. The van der Waals surface area contributed by atoms with Crippen LogP contribution in [0.3, 0.4) is 0 Å². The van der Waals surface area contributed by atoms with E-state index in [1.54, 1.807) is 14.0 Å². The first kappa shape index (κ1) is 27.0. The van der Waals surface area contributed by atoms with Crippen molar-refractivity contribution in [1.29, 1.82) is 0 Å². The van der Waals surface area contributed by atoms with Crippen LogP contribution in [0.15, 0.2) is 78.9 Å². The number of aliphatic hydroxyl groups is 2. The number of ether oxygens (including phenoxy) is 2. The zero-order chi connectivity index (χ0) is 26.3. The predicted octanol–water partition coefficient (Wildman–Crippen LogP) is 6.55. The van der Waals surface area contributed by atoms with Crippen molar-refractivity contribution in [3.8, 4) is 0 Å². The molecule has 6 heteroatoms. The molecule has 1 aromatic heterocycles. The zero-order valence-corrected chi connectivity index (χ0v) is 21.9. The fourth-order valence-electron chi connectivity index (χ4n) is 4.37. The Labute approximate surface area is 223 Å². The summed E-state index contributed by atoms with van der Waals surface area (Å²) < 4.78 is 10.3.